The minimum atomic E-state index is -0.149. The maximum absolute atomic E-state index is 12.3. The average Bonchev–Trinajstić information content (AvgIpc) is 3.09. The zero-order valence-electron chi connectivity index (χ0n) is 14.6. The first-order chi connectivity index (χ1) is 11.7. The Hall–Kier alpha value is -1.60. The van der Waals surface area contributed by atoms with Crippen molar-refractivity contribution in [3.8, 4) is 0 Å². The first kappa shape index (κ1) is 17.2. The molecule has 7 heteroatoms. The Morgan fingerprint density at radius 3 is 2.71 bits per heavy atom. The molecule has 2 heterocycles. The van der Waals surface area contributed by atoms with Gasteiger partial charge in [-0.05, 0) is 19.8 Å². The molecule has 2 fully saturated rings. The van der Waals surface area contributed by atoms with Gasteiger partial charge < -0.3 is 15.4 Å². The van der Waals surface area contributed by atoms with Gasteiger partial charge in [0.1, 0.15) is 0 Å². The Morgan fingerprint density at radius 2 is 2.04 bits per heavy atom. The van der Waals surface area contributed by atoms with Gasteiger partial charge in [-0.2, -0.15) is 5.10 Å². The van der Waals surface area contributed by atoms with Crippen LogP contribution >= 0.6 is 0 Å². The molecule has 0 spiro atoms. The monoisotopic (exact) mass is 335 g/mol. The van der Waals surface area contributed by atoms with Crippen LogP contribution in [-0.4, -0.2) is 59.1 Å². The number of rotatable bonds is 5. The van der Waals surface area contributed by atoms with E-state index in [2.05, 4.69) is 20.6 Å². The van der Waals surface area contributed by atoms with Gasteiger partial charge in [0, 0.05) is 37.9 Å². The molecular formula is C17H29N5O2. The zero-order chi connectivity index (χ0) is 16.8. The number of anilines is 1. The van der Waals surface area contributed by atoms with Gasteiger partial charge in [0.2, 0.25) is 0 Å². The minimum absolute atomic E-state index is 0.0902. The summed E-state index contributed by atoms with van der Waals surface area (Å²) in [5, 5.41) is 10.2. The van der Waals surface area contributed by atoms with E-state index in [1.807, 2.05) is 13.1 Å². The van der Waals surface area contributed by atoms with Crippen LogP contribution in [0.2, 0.25) is 0 Å². The standard InChI is InChI=1S/C17H29N5O2/c1-2-22-13-15(12-19-22)20-16(23)18-14-17(6-4-3-5-7-17)21-8-10-24-11-9-21/h12-13H,2-11,14H2,1H3,(H2,18,20,23). The molecule has 1 saturated heterocycles. The van der Waals surface area contributed by atoms with E-state index in [0.29, 0.717) is 6.54 Å². The maximum atomic E-state index is 12.3. The molecule has 1 aliphatic carbocycles. The quantitative estimate of drug-likeness (QED) is 0.864. The number of amides is 2. The molecule has 0 bridgehead atoms. The Bertz CT molecular complexity index is 533. The van der Waals surface area contributed by atoms with Crippen molar-refractivity contribution in [1.29, 1.82) is 0 Å². The molecule has 3 rings (SSSR count). The second-order valence-electron chi connectivity index (χ2n) is 6.78. The first-order valence-electron chi connectivity index (χ1n) is 9.12. The molecule has 24 heavy (non-hydrogen) atoms. The summed E-state index contributed by atoms with van der Waals surface area (Å²) < 4.78 is 7.30. The lowest BCUT2D eigenvalue weighted by Crippen LogP contribution is -2.60. The third-order valence-corrected chi connectivity index (χ3v) is 5.26. The van der Waals surface area contributed by atoms with Crippen LogP contribution in [0.25, 0.3) is 0 Å². The van der Waals surface area contributed by atoms with Crippen molar-refractivity contribution in [3.05, 3.63) is 12.4 Å². The van der Waals surface area contributed by atoms with Crippen LogP contribution in [0.3, 0.4) is 0 Å². The SMILES string of the molecule is CCn1cc(NC(=O)NCC2(N3CCOCC3)CCCCC2)cn1. The van der Waals surface area contributed by atoms with Gasteiger partial charge in [-0.25, -0.2) is 4.79 Å². The topological polar surface area (TPSA) is 71.4 Å². The number of urea groups is 1. The molecule has 7 nitrogen and oxygen atoms in total. The van der Waals surface area contributed by atoms with Gasteiger partial charge in [-0.3, -0.25) is 9.58 Å². The third kappa shape index (κ3) is 4.08. The molecule has 0 unspecified atom stereocenters. The predicted octanol–water partition coefficient (Wildman–Crippen LogP) is 2.06. The first-order valence-corrected chi connectivity index (χ1v) is 9.12. The van der Waals surface area contributed by atoms with Crippen LogP contribution in [0, 0.1) is 0 Å². The Kier molecular flexibility index (Phi) is 5.73. The number of aromatic nitrogens is 2. The molecule has 1 saturated carbocycles. The average molecular weight is 335 g/mol. The summed E-state index contributed by atoms with van der Waals surface area (Å²) in [6, 6.07) is -0.149. The Morgan fingerprint density at radius 1 is 1.29 bits per heavy atom. The lowest BCUT2D eigenvalue weighted by atomic mass is 9.80. The number of carbonyl (C=O) groups excluding carboxylic acids is 1. The number of nitrogens with one attached hydrogen (secondary N) is 2. The van der Waals surface area contributed by atoms with Crippen molar-refractivity contribution in [1.82, 2.24) is 20.0 Å². The lowest BCUT2D eigenvalue weighted by molar-refractivity contribution is -0.0356. The molecule has 134 valence electrons. The van der Waals surface area contributed by atoms with Gasteiger partial charge in [0.05, 0.1) is 25.1 Å². The highest BCUT2D eigenvalue weighted by molar-refractivity contribution is 5.88. The number of carbonyl (C=O) groups is 1. The summed E-state index contributed by atoms with van der Waals surface area (Å²) in [5.74, 6) is 0. The van der Waals surface area contributed by atoms with E-state index in [1.54, 1.807) is 10.9 Å². The Labute approximate surface area is 143 Å². The van der Waals surface area contributed by atoms with Gasteiger partial charge in [-0.15, -0.1) is 0 Å². The van der Waals surface area contributed by atoms with E-state index < -0.39 is 0 Å². The summed E-state index contributed by atoms with van der Waals surface area (Å²) >= 11 is 0. The van der Waals surface area contributed by atoms with E-state index in [9.17, 15) is 4.79 Å². The second kappa shape index (κ2) is 7.98. The highest BCUT2D eigenvalue weighted by atomic mass is 16.5. The van der Waals surface area contributed by atoms with Crippen LogP contribution < -0.4 is 10.6 Å². The number of hydrogen-bond donors (Lipinski definition) is 2. The van der Waals surface area contributed by atoms with E-state index in [1.165, 1.54) is 19.3 Å². The summed E-state index contributed by atoms with van der Waals surface area (Å²) in [6.45, 7) is 7.03. The molecule has 2 N–H and O–H groups in total. The molecule has 1 aromatic rings. The zero-order valence-corrected chi connectivity index (χ0v) is 14.6. The van der Waals surface area contributed by atoms with Crippen molar-refractivity contribution in [2.45, 2.75) is 51.1 Å². The van der Waals surface area contributed by atoms with Crippen molar-refractivity contribution < 1.29 is 9.53 Å². The number of aryl methyl sites for hydroxylation is 1. The van der Waals surface area contributed by atoms with E-state index >= 15 is 0 Å². The molecule has 0 aromatic carbocycles. The smallest absolute Gasteiger partial charge is 0.319 e. The molecule has 1 aromatic heterocycles. The van der Waals surface area contributed by atoms with Crippen LogP contribution in [-0.2, 0) is 11.3 Å². The highest BCUT2D eigenvalue weighted by Crippen LogP contribution is 2.33. The minimum Gasteiger partial charge on any atom is -0.379 e. The number of nitrogens with zero attached hydrogens (tertiary/aromatic N) is 3. The molecule has 2 aliphatic rings. The van der Waals surface area contributed by atoms with Crippen LogP contribution in [0.15, 0.2) is 12.4 Å². The van der Waals surface area contributed by atoms with E-state index in [0.717, 1.165) is 51.4 Å². The highest BCUT2D eigenvalue weighted by Gasteiger charge is 2.38. The van der Waals surface area contributed by atoms with Crippen molar-refractivity contribution >= 4 is 11.7 Å². The van der Waals surface area contributed by atoms with Gasteiger partial charge in [0.25, 0.3) is 0 Å². The van der Waals surface area contributed by atoms with Gasteiger partial charge in [-0.1, -0.05) is 19.3 Å². The van der Waals surface area contributed by atoms with E-state index in [4.69, 9.17) is 4.74 Å². The summed E-state index contributed by atoms with van der Waals surface area (Å²) in [4.78, 5) is 14.8. The fourth-order valence-corrected chi connectivity index (χ4v) is 3.87. The van der Waals surface area contributed by atoms with Crippen molar-refractivity contribution in [2.24, 2.45) is 0 Å². The largest absolute Gasteiger partial charge is 0.379 e. The van der Waals surface area contributed by atoms with Crippen LogP contribution in [0.4, 0.5) is 10.5 Å². The lowest BCUT2D eigenvalue weighted by Gasteiger charge is -2.48. The Balaban J connectivity index is 1.57. The second-order valence-corrected chi connectivity index (χ2v) is 6.78. The van der Waals surface area contributed by atoms with Crippen molar-refractivity contribution in [3.63, 3.8) is 0 Å². The van der Waals surface area contributed by atoms with Crippen LogP contribution in [0.1, 0.15) is 39.0 Å². The fourth-order valence-electron chi connectivity index (χ4n) is 3.87. The van der Waals surface area contributed by atoms with E-state index in [-0.39, 0.29) is 11.6 Å². The number of ether oxygens (including phenoxy) is 1. The predicted molar refractivity (Wildman–Crippen MR) is 93.1 cm³/mol. The normalized spacial score (nSPS) is 21.4. The summed E-state index contributed by atoms with van der Waals surface area (Å²) in [7, 11) is 0. The molecule has 0 radical (unpaired) electrons. The molecule has 1 aliphatic heterocycles. The third-order valence-electron chi connectivity index (χ3n) is 5.26. The van der Waals surface area contributed by atoms with Gasteiger partial charge >= 0.3 is 6.03 Å². The molecule has 2 amide bonds. The van der Waals surface area contributed by atoms with Gasteiger partial charge in [0.15, 0.2) is 0 Å². The number of hydrogen-bond acceptors (Lipinski definition) is 4. The molecular weight excluding hydrogens is 306 g/mol. The van der Waals surface area contributed by atoms with Crippen molar-refractivity contribution in [2.75, 3.05) is 38.2 Å². The number of morpholine rings is 1. The summed E-state index contributed by atoms with van der Waals surface area (Å²) in [5.41, 5.74) is 0.825. The van der Waals surface area contributed by atoms with Crippen LogP contribution in [0.5, 0.6) is 0 Å². The maximum Gasteiger partial charge on any atom is 0.319 e. The summed E-state index contributed by atoms with van der Waals surface area (Å²) in [6.07, 6.45) is 9.61. The fraction of sp³-hybridized carbons (Fsp3) is 0.765. The molecule has 0 atom stereocenters.